The van der Waals surface area contributed by atoms with Crippen molar-refractivity contribution in [2.45, 2.75) is 25.6 Å². The van der Waals surface area contributed by atoms with Gasteiger partial charge in [0.2, 0.25) is 0 Å². The Labute approximate surface area is 49.2 Å². The molecule has 0 heterocycles. The van der Waals surface area contributed by atoms with Crippen LogP contribution < -0.4 is 0 Å². The van der Waals surface area contributed by atoms with Crippen molar-refractivity contribution in [2.24, 2.45) is 0 Å². The van der Waals surface area contributed by atoms with Crippen LogP contribution in [0.4, 0.5) is 0 Å². The maximum Gasteiger partial charge on any atom is 0.141 e. The number of hydrogen-bond donors (Lipinski definition) is 2. The van der Waals surface area contributed by atoms with Crippen LogP contribution in [-0.2, 0) is 0 Å². The molecule has 8 heavy (non-hydrogen) atoms. The third-order valence-corrected chi connectivity index (χ3v) is 0.931. The number of rotatable bonds is 2. The van der Waals surface area contributed by atoms with Gasteiger partial charge in [0, 0.05) is 0 Å². The van der Waals surface area contributed by atoms with Gasteiger partial charge in [0.05, 0.1) is 6.10 Å². The lowest BCUT2D eigenvalue weighted by Crippen LogP contribution is -2.22. The van der Waals surface area contributed by atoms with E-state index in [9.17, 15) is 0 Å². The van der Waals surface area contributed by atoms with Crippen molar-refractivity contribution in [2.75, 3.05) is 0 Å². The fourth-order valence-electron chi connectivity index (χ4n) is 0.319. The standard InChI is InChI=1S/C6H9O2/c1-3-5(7)6(8)4-2/h5-8H,3H2,1H3. The highest BCUT2D eigenvalue weighted by molar-refractivity contribution is 4.91. The van der Waals surface area contributed by atoms with Crippen molar-refractivity contribution in [3.8, 4) is 5.92 Å². The Bertz CT molecular complexity index is 93.2. The number of hydrogen-bond acceptors (Lipinski definition) is 2. The zero-order chi connectivity index (χ0) is 6.57. The summed E-state index contributed by atoms with van der Waals surface area (Å²) in [4.78, 5) is 0. The molecule has 0 aromatic carbocycles. The molecule has 2 atom stereocenters. The summed E-state index contributed by atoms with van der Waals surface area (Å²) in [6.45, 7) is 1.73. The minimum absolute atomic E-state index is 0.451. The molecule has 0 aliphatic rings. The van der Waals surface area contributed by atoms with Gasteiger partial charge in [-0.15, -0.1) is 0 Å². The van der Waals surface area contributed by atoms with Gasteiger partial charge in [-0.3, -0.25) is 0 Å². The lowest BCUT2D eigenvalue weighted by atomic mass is 10.2. The van der Waals surface area contributed by atoms with E-state index < -0.39 is 12.2 Å². The van der Waals surface area contributed by atoms with Crippen LogP contribution in [0, 0.1) is 12.3 Å². The average molecular weight is 113 g/mol. The lowest BCUT2D eigenvalue weighted by Gasteiger charge is -2.07. The van der Waals surface area contributed by atoms with Gasteiger partial charge in [-0.2, -0.15) is 0 Å². The van der Waals surface area contributed by atoms with E-state index in [1.807, 2.05) is 0 Å². The maximum atomic E-state index is 8.69. The largest absolute Gasteiger partial charge is 0.389 e. The Kier molecular flexibility index (Phi) is 3.25. The van der Waals surface area contributed by atoms with Crippen LogP contribution in [0.1, 0.15) is 13.3 Å². The minimum Gasteiger partial charge on any atom is -0.389 e. The minimum atomic E-state index is -1.11. The average Bonchev–Trinajstić information content (AvgIpc) is 1.84. The Hall–Kier alpha value is -0.520. The van der Waals surface area contributed by atoms with E-state index >= 15 is 0 Å². The van der Waals surface area contributed by atoms with Gasteiger partial charge in [0.1, 0.15) is 6.10 Å². The summed E-state index contributed by atoms with van der Waals surface area (Å²) in [5.74, 6) is 1.77. The normalized spacial score (nSPS) is 16.8. The van der Waals surface area contributed by atoms with Crippen molar-refractivity contribution >= 4 is 0 Å². The maximum absolute atomic E-state index is 8.69. The molecule has 2 nitrogen and oxygen atoms in total. The van der Waals surface area contributed by atoms with Gasteiger partial charge < -0.3 is 10.2 Å². The van der Waals surface area contributed by atoms with Gasteiger partial charge in [0.15, 0.2) is 0 Å². The highest BCUT2D eigenvalue weighted by Gasteiger charge is 2.08. The first-order chi connectivity index (χ1) is 3.72. The molecule has 0 amide bonds. The second-order valence-corrected chi connectivity index (χ2v) is 1.56. The van der Waals surface area contributed by atoms with Crippen LogP contribution in [0.25, 0.3) is 0 Å². The van der Waals surface area contributed by atoms with E-state index in [0.29, 0.717) is 6.42 Å². The first-order valence-electron chi connectivity index (χ1n) is 2.50. The van der Waals surface area contributed by atoms with E-state index in [4.69, 9.17) is 16.6 Å². The molecule has 0 aliphatic heterocycles. The monoisotopic (exact) mass is 113 g/mol. The molecule has 0 bridgehead atoms. The molecule has 0 fully saturated rings. The molecule has 0 aromatic heterocycles. The van der Waals surface area contributed by atoms with Crippen LogP contribution >= 0.6 is 0 Å². The molecule has 0 spiro atoms. The van der Waals surface area contributed by atoms with Gasteiger partial charge in [0.25, 0.3) is 0 Å². The van der Waals surface area contributed by atoms with Gasteiger partial charge in [-0.1, -0.05) is 12.8 Å². The molecule has 2 unspecified atom stereocenters. The Morgan fingerprint density at radius 2 is 2.12 bits per heavy atom. The first kappa shape index (κ1) is 7.48. The van der Waals surface area contributed by atoms with Gasteiger partial charge >= 0.3 is 0 Å². The quantitative estimate of drug-likeness (QED) is 0.483. The molecule has 45 valence electrons. The van der Waals surface area contributed by atoms with Crippen molar-refractivity contribution in [1.29, 1.82) is 0 Å². The van der Waals surface area contributed by atoms with Crippen molar-refractivity contribution in [3.63, 3.8) is 0 Å². The zero-order valence-corrected chi connectivity index (χ0v) is 4.76. The van der Waals surface area contributed by atoms with Gasteiger partial charge in [-0.25, -0.2) is 0 Å². The third-order valence-electron chi connectivity index (χ3n) is 0.931. The number of aliphatic hydroxyl groups is 2. The van der Waals surface area contributed by atoms with E-state index in [2.05, 4.69) is 0 Å². The Morgan fingerprint density at radius 1 is 1.62 bits per heavy atom. The predicted molar refractivity (Wildman–Crippen MR) is 29.4 cm³/mol. The summed E-state index contributed by atoms with van der Waals surface area (Å²) >= 11 is 0. The summed E-state index contributed by atoms with van der Waals surface area (Å²) in [6.07, 6.45) is 4.90. The number of aliphatic hydroxyl groups excluding tert-OH is 2. The lowest BCUT2D eigenvalue weighted by molar-refractivity contribution is 0.0520. The van der Waals surface area contributed by atoms with Crippen molar-refractivity contribution in [1.82, 2.24) is 0 Å². The van der Waals surface area contributed by atoms with Crippen LogP contribution in [-0.4, -0.2) is 22.4 Å². The highest BCUT2D eigenvalue weighted by atomic mass is 16.3. The summed E-state index contributed by atoms with van der Waals surface area (Å²) in [5, 5.41) is 17.3. The van der Waals surface area contributed by atoms with Crippen molar-refractivity contribution < 1.29 is 10.2 Å². The SMILES string of the molecule is [C]#CC(O)C(O)CC. The Morgan fingerprint density at radius 3 is 2.25 bits per heavy atom. The van der Waals surface area contributed by atoms with Crippen LogP contribution in [0.15, 0.2) is 0 Å². The second kappa shape index (κ2) is 3.48. The zero-order valence-electron chi connectivity index (χ0n) is 4.76. The molecule has 0 rings (SSSR count). The summed E-state index contributed by atoms with van der Waals surface area (Å²) in [6, 6.07) is 0. The summed E-state index contributed by atoms with van der Waals surface area (Å²) in [5.41, 5.74) is 0. The highest BCUT2D eigenvalue weighted by Crippen LogP contribution is 1.94. The molecule has 1 radical (unpaired) electrons. The fraction of sp³-hybridized carbons (Fsp3) is 0.667. The predicted octanol–water partition coefficient (Wildman–Crippen LogP) is -0.292. The Balaban J connectivity index is 3.49. The molecular formula is C6H9O2. The third kappa shape index (κ3) is 1.97. The fourth-order valence-corrected chi connectivity index (χ4v) is 0.319. The van der Waals surface area contributed by atoms with Crippen LogP contribution in [0.5, 0.6) is 0 Å². The van der Waals surface area contributed by atoms with E-state index in [0.717, 1.165) is 0 Å². The molecular weight excluding hydrogens is 104 g/mol. The van der Waals surface area contributed by atoms with E-state index in [-0.39, 0.29) is 0 Å². The van der Waals surface area contributed by atoms with Crippen molar-refractivity contribution in [3.05, 3.63) is 6.42 Å². The molecule has 2 heteroatoms. The smallest absolute Gasteiger partial charge is 0.141 e. The summed E-state index contributed by atoms with van der Waals surface area (Å²) in [7, 11) is 0. The second-order valence-electron chi connectivity index (χ2n) is 1.56. The first-order valence-corrected chi connectivity index (χ1v) is 2.50. The topological polar surface area (TPSA) is 40.5 Å². The molecule has 0 aromatic rings. The van der Waals surface area contributed by atoms with Crippen LogP contribution in [0.2, 0.25) is 0 Å². The van der Waals surface area contributed by atoms with Crippen LogP contribution in [0.3, 0.4) is 0 Å². The summed E-state index contributed by atoms with van der Waals surface area (Å²) < 4.78 is 0. The molecule has 0 saturated carbocycles. The van der Waals surface area contributed by atoms with E-state index in [1.54, 1.807) is 12.8 Å². The van der Waals surface area contributed by atoms with E-state index in [1.165, 1.54) is 0 Å². The van der Waals surface area contributed by atoms with Gasteiger partial charge in [-0.05, 0) is 12.8 Å². The molecule has 0 saturated heterocycles. The molecule has 0 aliphatic carbocycles. The molecule has 2 N–H and O–H groups in total.